The maximum atomic E-state index is 12.1. The van der Waals surface area contributed by atoms with Gasteiger partial charge in [0.15, 0.2) is 6.61 Å². The maximum Gasteiger partial charge on any atom is 0.292 e. The van der Waals surface area contributed by atoms with Gasteiger partial charge < -0.3 is 10.1 Å². The van der Waals surface area contributed by atoms with Crippen molar-refractivity contribution in [1.29, 1.82) is 0 Å². The number of nitro groups is 1. The van der Waals surface area contributed by atoms with Gasteiger partial charge in [-0.3, -0.25) is 19.9 Å². The van der Waals surface area contributed by atoms with Gasteiger partial charge in [0.25, 0.3) is 11.6 Å². The highest BCUT2D eigenvalue weighted by Crippen LogP contribution is 2.29. The van der Waals surface area contributed by atoms with Crippen LogP contribution in [0.2, 0.25) is 5.02 Å². The highest BCUT2D eigenvalue weighted by molar-refractivity contribution is 6.31. The zero-order valence-corrected chi connectivity index (χ0v) is 14.1. The molecule has 8 heteroatoms. The van der Waals surface area contributed by atoms with Crippen LogP contribution >= 0.6 is 11.6 Å². The fourth-order valence-electron chi connectivity index (χ4n) is 2.83. The van der Waals surface area contributed by atoms with Crippen LogP contribution in [0.3, 0.4) is 0 Å². The molecule has 1 amide bonds. The van der Waals surface area contributed by atoms with Crippen molar-refractivity contribution in [1.82, 2.24) is 4.98 Å². The normalized spacial score (nSPS) is 13.0. The molecule has 1 aliphatic rings. The smallest absolute Gasteiger partial charge is 0.292 e. The van der Waals surface area contributed by atoms with Gasteiger partial charge in [0.05, 0.1) is 4.92 Å². The first-order chi connectivity index (χ1) is 12.0. The van der Waals surface area contributed by atoms with Crippen LogP contribution in [-0.2, 0) is 17.6 Å². The van der Waals surface area contributed by atoms with Crippen molar-refractivity contribution in [2.24, 2.45) is 0 Å². The highest BCUT2D eigenvalue weighted by Gasteiger charge is 2.18. The summed E-state index contributed by atoms with van der Waals surface area (Å²) in [5.41, 5.74) is 1.87. The van der Waals surface area contributed by atoms with Crippen molar-refractivity contribution in [3.05, 3.63) is 56.9 Å². The topological polar surface area (TPSA) is 94.4 Å². The fourth-order valence-corrected chi connectivity index (χ4v) is 3.00. The molecule has 130 valence electrons. The summed E-state index contributed by atoms with van der Waals surface area (Å²) >= 11 is 5.85. The number of nitrogens with one attached hydrogen (secondary N) is 1. The maximum absolute atomic E-state index is 12.1. The number of nitro benzene ring substituents is 1. The molecule has 0 spiro atoms. The van der Waals surface area contributed by atoms with Crippen LogP contribution in [0.1, 0.15) is 24.1 Å². The number of amides is 1. The lowest BCUT2D eigenvalue weighted by molar-refractivity contribution is -0.383. The Kier molecular flexibility index (Phi) is 5.14. The number of anilines is 1. The first-order valence-corrected chi connectivity index (χ1v) is 8.26. The van der Waals surface area contributed by atoms with Crippen LogP contribution in [0.5, 0.6) is 5.75 Å². The molecule has 0 aliphatic heterocycles. The van der Waals surface area contributed by atoms with Crippen LogP contribution < -0.4 is 10.1 Å². The standard InChI is InChI=1S/C17H16ClN3O4/c18-11-5-6-15(21(23)24)14(9-11)20-17(22)10-25-16-7-8-19-13-4-2-1-3-12(13)16/h5-9H,1-4,10H2,(H,20,22). The van der Waals surface area contributed by atoms with Gasteiger partial charge in [-0.05, 0) is 43.9 Å². The van der Waals surface area contributed by atoms with E-state index in [1.54, 1.807) is 12.3 Å². The molecule has 0 saturated heterocycles. The number of aryl methyl sites for hydroxylation is 1. The zero-order valence-electron chi connectivity index (χ0n) is 13.3. The second-order valence-electron chi connectivity index (χ2n) is 5.70. The van der Waals surface area contributed by atoms with Gasteiger partial charge in [0.2, 0.25) is 0 Å². The third-order valence-corrected chi connectivity index (χ3v) is 4.22. The summed E-state index contributed by atoms with van der Waals surface area (Å²) < 4.78 is 5.61. The number of rotatable bonds is 5. The van der Waals surface area contributed by atoms with E-state index in [9.17, 15) is 14.9 Å². The fraction of sp³-hybridized carbons (Fsp3) is 0.294. The molecule has 1 aromatic carbocycles. The molecule has 2 aromatic rings. The van der Waals surface area contributed by atoms with Crippen molar-refractivity contribution in [3.63, 3.8) is 0 Å². The lowest BCUT2D eigenvalue weighted by Gasteiger charge is -2.18. The van der Waals surface area contributed by atoms with Gasteiger partial charge in [-0.15, -0.1) is 0 Å². The Hall–Kier alpha value is -2.67. The largest absolute Gasteiger partial charge is 0.483 e. The third-order valence-electron chi connectivity index (χ3n) is 3.98. The van der Waals surface area contributed by atoms with Gasteiger partial charge >= 0.3 is 0 Å². The van der Waals surface area contributed by atoms with E-state index in [0.717, 1.165) is 36.9 Å². The van der Waals surface area contributed by atoms with Crippen LogP contribution in [0.15, 0.2) is 30.5 Å². The Bertz CT molecular complexity index is 826. The van der Waals surface area contributed by atoms with Gasteiger partial charge in [-0.2, -0.15) is 0 Å². The van der Waals surface area contributed by atoms with Crippen LogP contribution in [0.25, 0.3) is 0 Å². The van der Waals surface area contributed by atoms with Crippen molar-refractivity contribution >= 4 is 28.9 Å². The number of benzene rings is 1. The first kappa shape index (κ1) is 17.2. The average molecular weight is 362 g/mol. The lowest BCUT2D eigenvalue weighted by atomic mass is 9.95. The Morgan fingerprint density at radius 1 is 1.32 bits per heavy atom. The minimum Gasteiger partial charge on any atom is -0.483 e. The van der Waals surface area contributed by atoms with Gasteiger partial charge in [-0.1, -0.05) is 11.6 Å². The summed E-state index contributed by atoms with van der Waals surface area (Å²) in [5, 5.41) is 13.8. The summed E-state index contributed by atoms with van der Waals surface area (Å²) in [4.78, 5) is 26.9. The summed E-state index contributed by atoms with van der Waals surface area (Å²) in [7, 11) is 0. The molecule has 0 bridgehead atoms. The van der Waals surface area contributed by atoms with Crippen molar-refractivity contribution < 1.29 is 14.5 Å². The van der Waals surface area contributed by atoms with E-state index in [1.807, 2.05) is 0 Å². The first-order valence-electron chi connectivity index (χ1n) is 7.88. The molecular formula is C17H16ClN3O4. The van der Waals surface area contributed by atoms with Crippen LogP contribution in [0.4, 0.5) is 11.4 Å². The number of carbonyl (C=O) groups is 1. The number of carbonyl (C=O) groups excluding carboxylic acids is 1. The molecule has 0 radical (unpaired) electrons. The molecule has 7 nitrogen and oxygen atoms in total. The third kappa shape index (κ3) is 4.06. The minimum absolute atomic E-state index is 0.0443. The number of aromatic nitrogens is 1. The van der Waals surface area contributed by atoms with Gasteiger partial charge in [-0.25, -0.2) is 0 Å². The second kappa shape index (κ2) is 7.48. The van der Waals surface area contributed by atoms with E-state index in [0.29, 0.717) is 10.8 Å². The van der Waals surface area contributed by atoms with E-state index in [4.69, 9.17) is 16.3 Å². The molecular weight excluding hydrogens is 346 g/mol. The van der Waals surface area contributed by atoms with Crippen molar-refractivity contribution in [2.75, 3.05) is 11.9 Å². The molecule has 1 N–H and O–H groups in total. The van der Waals surface area contributed by atoms with Crippen LogP contribution in [-0.4, -0.2) is 22.4 Å². The Morgan fingerprint density at radius 3 is 2.92 bits per heavy atom. The Labute approximate surface area is 149 Å². The Morgan fingerprint density at radius 2 is 2.12 bits per heavy atom. The molecule has 0 saturated carbocycles. The number of hydrogen-bond acceptors (Lipinski definition) is 5. The number of fused-ring (bicyclic) bond motifs is 1. The van der Waals surface area contributed by atoms with Crippen molar-refractivity contribution in [3.8, 4) is 5.75 Å². The number of halogens is 1. The van der Waals surface area contributed by atoms with E-state index < -0.39 is 10.8 Å². The summed E-state index contributed by atoms with van der Waals surface area (Å²) in [6.07, 6.45) is 5.62. The number of ether oxygens (including phenoxy) is 1. The molecule has 1 aromatic heterocycles. The highest BCUT2D eigenvalue weighted by atomic mass is 35.5. The number of pyridine rings is 1. The minimum atomic E-state index is -0.577. The molecule has 1 aliphatic carbocycles. The average Bonchev–Trinajstić information content (AvgIpc) is 2.59. The monoisotopic (exact) mass is 361 g/mol. The van der Waals surface area contributed by atoms with Gasteiger partial charge in [0, 0.05) is 28.5 Å². The lowest BCUT2D eigenvalue weighted by Crippen LogP contribution is -2.21. The summed E-state index contributed by atoms with van der Waals surface area (Å²) in [6.45, 7) is -0.250. The van der Waals surface area contributed by atoms with Crippen molar-refractivity contribution in [2.45, 2.75) is 25.7 Å². The van der Waals surface area contributed by atoms with Gasteiger partial charge in [0.1, 0.15) is 11.4 Å². The molecule has 0 atom stereocenters. The Balaban J connectivity index is 1.68. The SMILES string of the molecule is O=C(COc1ccnc2c1CCCC2)Nc1cc(Cl)ccc1[N+](=O)[O-]. The molecule has 3 rings (SSSR count). The molecule has 1 heterocycles. The van der Waals surface area contributed by atoms with Crippen LogP contribution in [0, 0.1) is 10.1 Å². The van der Waals surface area contributed by atoms with E-state index in [-0.39, 0.29) is 18.0 Å². The number of nitrogens with zero attached hydrogens (tertiary/aromatic N) is 2. The van der Waals surface area contributed by atoms with E-state index >= 15 is 0 Å². The molecule has 0 fully saturated rings. The molecule has 25 heavy (non-hydrogen) atoms. The van der Waals surface area contributed by atoms with E-state index in [1.165, 1.54) is 18.2 Å². The second-order valence-corrected chi connectivity index (χ2v) is 6.13. The summed E-state index contributed by atoms with van der Waals surface area (Å²) in [5.74, 6) is 0.146. The zero-order chi connectivity index (χ0) is 17.8. The predicted octanol–water partition coefficient (Wildman–Crippen LogP) is 3.54. The van der Waals surface area contributed by atoms with E-state index in [2.05, 4.69) is 10.3 Å². The molecule has 0 unspecified atom stereocenters. The summed E-state index contributed by atoms with van der Waals surface area (Å²) in [6, 6.07) is 5.72. The number of hydrogen-bond donors (Lipinski definition) is 1. The predicted molar refractivity (Wildman–Crippen MR) is 93.1 cm³/mol. The quantitative estimate of drug-likeness (QED) is 0.649.